The second-order valence-corrected chi connectivity index (χ2v) is 11.3. The van der Waals surface area contributed by atoms with Crippen LogP contribution in [0.4, 0.5) is 26.4 Å². The molecule has 7 rings (SSSR count). The fraction of sp³-hybridized carbons (Fsp3) is 0.206. The zero-order valence-corrected chi connectivity index (χ0v) is 25.2. The second-order valence-electron chi connectivity index (χ2n) is 11.3. The van der Waals surface area contributed by atoms with Crippen molar-refractivity contribution in [1.82, 2.24) is 15.3 Å². The van der Waals surface area contributed by atoms with Gasteiger partial charge in [0.05, 0.1) is 47.7 Å². The van der Waals surface area contributed by atoms with Crippen molar-refractivity contribution in [2.24, 2.45) is 0 Å². The molecule has 0 saturated carbocycles. The van der Waals surface area contributed by atoms with Gasteiger partial charge in [0.2, 0.25) is 0 Å². The predicted octanol–water partition coefficient (Wildman–Crippen LogP) is 5.68. The Hall–Kier alpha value is -5.62. The Bertz CT molecular complexity index is 1940. The van der Waals surface area contributed by atoms with Crippen molar-refractivity contribution in [2.45, 2.75) is 20.3 Å². The number of Topliss-reactive ketones (excluding diaryl/α,β-unsaturated/α-hetero) is 1. The van der Waals surface area contributed by atoms with E-state index in [2.05, 4.69) is 15.5 Å². The SMILES string of the molecule is CC1=CONC(=O)N1c1cc2c(cc1N1CCOCC1)C=C(C(=O)c1cnn(-c3ccc(Oc4ccccc4F)cc3C)c1N)C2. The number of ketones is 1. The summed E-state index contributed by atoms with van der Waals surface area (Å²) in [5.74, 6) is 0.0911. The standard InChI is InChI=1S/C34H31FN6O5/c1-20-13-25(46-31-6-4-3-5-27(31)35)7-8-28(20)41-33(36)26(18-37-41)32(42)24-14-22-16-29(39-9-11-44-12-10-39)30(17-23(22)15-24)40-21(2)19-45-38-34(40)43/h3-8,13-14,16-19H,9-12,15,36H2,1-2H3,(H,38,43). The molecule has 0 radical (unpaired) electrons. The third kappa shape index (κ3) is 5.22. The summed E-state index contributed by atoms with van der Waals surface area (Å²) in [6.45, 7) is 6.14. The first kappa shape index (κ1) is 29.1. The molecule has 1 aromatic heterocycles. The van der Waals surface area contributed by atoms with Crippen LogP contribution in [0.2, 0.25) is 0 Å². The minimum atomic E-state index is -0.459. The van der Waals surface area contributed by atoms with E-state index in [0.29, 0.717) is 61.1 Å². The fourth-order valence-corrected chi connectivity index (χ4v) is 5.95. The average molecular weight is 623 g/mol. The van der Waals surface area contributed by atoms with Crippen molar-refractivity contribution < 1.29 is 28.3 Å². The Morgan fingerprint density at radius 2 is 1.85 bits per heavy atom. The highest BCUT2D eigenvalue weighted by Crippen LogP contribution is 2.40. The molecule has 11 nitrogen and oxygen atoms in total. The van der Waals surface area contributed by atoms with Crippen LogP contribution >= 0.6 is 0 Å². The van der Waals surface area contributed by atoms with Gasteiger partial charge >= 0.3 is 6.03 Å². The molecule has 0 spiro atoms. The van der Waals surface area contributed by atoms with Gasteiger partial charge in [-0.15, -0.1) is 0 Å². The number of carbonyl (C=O) groups is 2. The van der Waals surface area contributed by atoms with Gasteiger partial charge in [-0.1, -0.05) is 12.1 Å². The Balaban J connectivity index is 1.16. The lowest BCUT2D eigenvalue weighted by Gasteiger charge is -2.35. The third-order valence-electron chi connectivity index (χ3n) is 8.27. The van der Waals surface area contributed by atoms with Crippen molar-refractivity contribution >= 4 is 35.1 Å². The Morgan fingerprint density at radius 3 is 2.61 bits per heavy atom. The predicted molar refractivity (Wildman–Crippen MR) is 171 cm³/mol. The quantitative estimate of drug-likeness (QED) is 0.253. The first-order valence-electron chi connectivity index (χ1n) is 14.8. The molecule has 1 aliphatic carbocycles. The van der Waals surface area contributed by atoms with E-state index in [1.807, 2.05) is 25.1 Å². The van der Waals surface area contributed by atoms with E-state index in [9.17, 15) is 14.0 Å². The van der Waals surface area contributed by atoms with Crippen LogP contribution in [-0.4, -0.2) is 47.9 Å². The maximum absolute atomic E-state index is 14.1. The molecule has 1 fully saturated rings. The van der Waals surface area contributed by atoms with Crippen LogP contribution in [0.5, 0.6) is 11.5 Å². The topological polar surface area (TPSA) is 124 Å². The normalized spacial score (nSPS) is 15.9. The third-order valence-corrected chi connectivity index (χ3v) is 8.27. The Morgan fingerprint density at radius 1 is 1.04 bits per heavy atom. The van der Waals surface area contributed by atoms with Gasteiger partial charge in [0.1, 0.15) is 17.8 Å². The number of morpholine rings is 1. The number of nitrogens with two attached hydrogens (primary N) is 1. The van der Waals surface area contributed by atoms with Crippen LogP contribution < -0.4 is 25.8 Å². The van der Waals surface area contributed by atoms with Crippen LogP contribution in [0.15, 0.2) is 78.3 Å². The van der Waals surface area contributed by atoms with Crippen LogP contribution in [0.1, 0.15) is 34.0 Å². The number of ether oxygens (including phenoxy) is 2. The summed E-state index contributed by atoms with van der Waals surface area (Å²) in [5.41, 5.74) is 15.2. The summed E-state index contributed by atoms with van der Waals surface area (Å²) in [7, 11) is 0. The molecule has 0 unspecified atom stereocenters. The van der Waals surface area contributed by atoms with Crippen molar-refractivity contribution in [3.05, 3.63) is 106 Å². The molecule has 2 aliphatic heterocycles. The molecule has 2 amide bonds. The number of nitrogens with zero attached hydrogens (tertiary/aromatic N) is 4. The number of hydrogen-bond donors (Lipinski definition) is 2. The Kier molecular flexibility index (Phi) is 7.41. The lowest BCUT2D eigenvalue weighted by atomic mass is 10.0. The minimum Gasteiger partial charge on any atom is -0.454 e. The number of halogens is 1. The highest BCUT2D eigenvalue weighted by Gasteiger charge is 2.31. The number of carbonyl (C=O) groups excluding carboxylic acids is 2. The fourth-order valence-electron chi connectivity index (χ4n) is 5.95. The molecule has 0 atom stereocenters. The summed E-state index contributed by atoms with van der Waals surface area (Å²) in [6.07, 6.45) is 5.20. The second kappa shape index (κ2) is 11.7. The number of anilines is 3. The lowest BCUT2D eigenvalue weighted by molar-refractivity contribution is 0.103. The van der Waals surface area contributed by atoms with Crippen molar-refractivity contribution in [2.75, 3.05) is 41.8 Å². The van der Waals surface area contributed by atoms with E-state index in [-0.39, 0.29) is 22.9 Å². The van der Waals surface area contributed by atoms with Crippen molar-refractivity contribution in [3.63, 3.8) is 0 Å². The summed E-state index contributed by atoms with van der Waals surface area (Å²) < 4.78 is 26.9. The molecular weight excluding hydrogens is 591 g/mol. The summed E-state index contributed by atoms with van der Waals surface area (Å²) in [6, 6.07) is 15.0. The monoisotopic (exact) mass is 622 g/mol. The average Bonchev–Trinajstić information content (AvgIpc) is 3.65. The molecule has 3 aliphatic rings. The maximum Gasteiger partial charge on any atom is 0.359 e. The Labute approximate surface area is 264 Å². The number of rotatable bonds is 7. The van der Waals surface area contributed by atoms with Gasteiger partial charge in [0, 0.05) is 25.1 Å². The molecule has 4 aromatic rings. The number of hydrogen-bond acceptors (Lipinski definition) is 8. The molecule has 3 heterocycles. The smallest absolute Gasteiger partial charge is 0.359 e. The van der Waals surface area contributed by atoms with E-state index < -0.39 is 11.8 Å². The number of urea groups is 1. The minimum absolute atomic E-state index is 0.121. The van der Waals surface area contributed by atoms with E-state index in [4.69, 9.17) is 20.0 Å². The molecule has 3 N–H and O–H groups in total. The molecular formula is C34H31FN6O5. The van der Waals surface area contributed by atoms with Gasteiger partial charge in [-0.05, 0) is 79.1 Å². The van der Waals surface area contributed by atoms with Crippen molar-refractivity contribution in [1.29, 1.82) is 0 Å². The molecule has 234 valence electrons. The molecule has 3 aromatic carbocycles. The number of nitrogens with one attached hydrogen (secondary N) is 1. The molecule has 46 heavy (non-hydrogen) atoms. The highest BCUT2D eigenvalue weighted by atomic mass is 19.1. The van der Waals surface area contributed by atoms with Crippen LogP contribution in [-0.2, 0) is 16.0 Å². The van der Waals surface area contributed by atoms with Crippen LogP contribution in [0, 0.1) is 12.7 Å². The maximum atomic E-state index is 14.1. The number of aryl methyl sites for hydroxylation is 1. The number of hydroxylamine groups is 1. The highest BCUT2D eigenvalue weighted by molar-refractivity contribution is 6.15. The van der Waals surface area contributed by atoms with E-state index in [1.165, 1.54) is 23.2 Å². The van der Waals surface area contributed by atoms with Gasteiger partial charge in [0.15, 0.2) is 17.3 Å². The summed E-state index contributed by atoms with van der Waals surface area (Å²) in [4.78, 5) is 35.6. The van der Waals surface area contributed by atoms with Gasteiger partial charge < -0.3 is 24.9 Å². The molecule has 1 saturated heterocycles. The summed E-state index contributed by atoms with van der Waals surface area (Å²) in [5, 5.41) is 4.44. The number of amides is 2. The number of para-hydroxylation sites is 1. The van der Waals surface area contributed by atoms with E-state index >= 15 is 0 Å². The van der Waals surface area contributed by atoms with Crippen LogP contribution in [0.25, 0.3) is 11.8 Å². The zero-order chi connectivity index (χ0) is 31.9. The number of nitrogen functional groups attached to an aromatic ring is 1. The lowest BCUT2D eigenvalue weighted by Crippen LogP contribution is -2.43. The van der Waals surface area contributed by atoms with E-state index in [0.717, 1.165) is 22.4 Å². The van der Waals surface area contributed by atoms with E-state index in [1.54, 1.807) is 48.2 Å². The van der Waals surface area contributed by atoms with Crippen LogP contribution in [0.3, 0.4) is 0 Å². The molecule has 12 heteroatoms. The van der Waals surface area contributed by atoms with Gasteiger partial charge in [-0.3, -0.25) is 9.69 Å². The first-order chi connectivity index (χ1) is 22.3. The van der Waals surface area contributed by atoms with Gasteiger partial charge in [-0.25, -0.2) is 13.9 Å². The number of fused-ring (bicyclic) bond motifs is 1. The number of benzene rings is 3. The first-order valence-corrected chi connectivity index (χ1v) is 14.8. The summed E-state index contributed by atoms with van der Waals surface area (Å²) >= 11 is 0. The van der Waals surface area contributed by atoms with Gasteiger partial charge in [-0.2, -0.15) is 10.6 Å². The molecule has 0 bridgehead atoms. The number of aromatic nitrogens is 2. The van der Waals surface area contributed by atoms with Gasteiger partial charge in [0.25, 0.3) is 0 Å². The van der Waals surface area contributed by atoms with Crippen molar-refractivity contribution in [3.8, 4) is 17.2 Å². The largest absolute Gasteiger partial charge is 0.454 e. The number of allylic oxidation sites excluding steroid dienone is 2. The zero-order valence-electron chi connectivity index (χ0n) is 25.2.